The first-order valence-electron chi connectivity index (χ1n) is 5.23. The van der Waals surface area contributed by atoms with Crippen molar-refractivity contribution in [3.8, 4) is 5.75 Å². The van der Waals surface area contributed by atoms with Gasteiger partial charge in [-0.2, -0.15) is 0 Å². The molecule has 0 heterocycles. The fourth-order valence-electron chi connectivity index (χ4n) is 1.29. The lowest BCUT2D eigenvalue weighted by Crippen LogP contribution is -2.29. The van der Waals surface area contributed by atoms with Gasteiger partial charge in [0.1, 0.15) is 11.6 Å². The minimum Gasteiger partial charge on any atom is -0.483 e. The quantitative estimate of drug-likeness (QED) is 0.574. The van der Waals surface area contributed by atoms with Gasteiger partial charge in [-0.05, 0) is 31.0 Å². The van der Waals surface area contributed by atoms with Gasteiger partial charge in [0.05, 0.1) is 0 Å². The summed E-state index contributed by atoms with van der Waals surface area (Å²) in [5.41, 5.74) is 6.63. The van der Waals surface area contributed by atoms with Gasteiger partial charge in [0.15, 0.2) is 6.10 Å². The van der Waals surface area contributed by atoms with Gasteiger partial charge in [-0.3, -0.25) is 5.41 Å². The van der Waals surface area contributed by atoms with Gasteiger partial charge in [0.25, 0.3) is 0 Å². The SMILES string of the molecule is CCCc1ccc(OC(C)C(=N)N)cc1. The molecule has 0 aliphatic carbocycles. The monoisotopic (exact) mass is 206 g/mol. The maximum atomic E-state index is 7.21. The van der Waals surface area contributed by atoms with E-state index in [1.165, 1.54) is 5.56 Å². The van der Waals surface area contributed by atoms with E-state index in [1.807, 2.05) is 24.3 Å². The third kappa shape index (κ3) is 3.62. The Hall–Kier alpha value is -1.51. The van der Waals surface area contributed by atoms with Crippen molar-refractivity contribution in [3.05, 3.63) is 29.8 Å². The minimum absolute atomic E-state index is 0.0487. The zero-order chi connectivity index (χ0) is 11.3. The van der Waals surface area contributed by atoms with Gasteiger partial charge in [0, 0.05) is 0 Å². The summed E-state index contributed by atoms with van der Waals surface area (Å²) in [5, 5.41) is 7.21. The molecule has 1 rings (SSSR count). The lowest BCUT2D eigenvalue weighted by Gasteiger charge is -2.13. The van der Waals surface area contributed by atoms with Crippen molar-refractivity contribution in [2.75, 3.05) is 0 Å². The van der Waals surface area contributed by atoms with Crippen LogP contribution in [0.1, 0.15) is 25.8 Å². The number of nitrogens with one attached hydrogen (secondary N) is 1. The predicted molar refractivity (Wildman–Crippen MR) is 62.4 cm³/mol. The van der Waals surface area contributed by atoms with Crippen LogP contribution >= 0.6 is 0 Å². The number of hydrogen-bond acceptors (Lipinski definition) is 2. The first-order chi connectivity index (χ1) is 7.13. The van der Waals surface area contributed by atoms with Crippen LogP contribution in [0.3, 0.4) is 0 Å². The third-order valence-corrected chi connectivity index (χ3v) is 2.21. The molecule has 1 unspecified atom stereocenters. The Morgan fingerprint density at radius 1 is 1.40 bits per heavy atom. The Kier molecular flexibility index (Phi) is 4.16. The van der Waals surface area contributed by atoms with Crippen molar-refractivity contribution in [1.29, 1.82) is 5.41 Å². The van der Waals surface area contributed by atoms with Gasteiger partial charge in [0.2, 0.25) is 0 Å². The molecule has 0 radical (unpaired) electrons. The highest BCUT2D eigenvalue weighted by Crippen LogP contribution is 2.14. The van der Waals surface area contributed by atoms with E-state index in [9.17, 15) is 0 Å². The molecule has 0 aromatic heterocycles. The first-order valence-corrected chi connectivity index (χ1v) is 5.23. The number of aryl methyl sites for hydroxylation is 1. The van der Waals surface area contributed by atoms with E-state index in [0.717, 1.165) is 18.6 Å². The molecule has 1 aromatic rings. The van der Waals surface area contributed by atoms with E-state index >= 15 is 0 Å². The Labute approximate surface area is 90.8 Å². The molecule has 0 spiro atoms. The summed E-state index contributed by atoms with van der Waals surface area (Å²) >= 11 is 0. The zero-order valence-corrected chi connectivity index (χ0v) is 9.29. The fraction of sp³-hybridized carbons (Fsp3) is 0.417. The van der Waals surface area contributed by atoms with Gasteiger partial charge in [-0.25, -0.2) is 0 Å². The van der Waals surface area contributed by atoms with Gasteiger partial charge in [-0.15, -0.1) is 0 Å². The van der Waals surface area contributed by atoms with Crippen LogP contribution in [0.15, 0.2) is 24.3 Å². The average Bonchev–Trinajstić information content (AvgIpc) is 2.21. The van der Waals surface area contributed by atoms with Crippen molar-refractivity contribution in [2.24, 2.45) is 5.73 Å². The lowest BCUT2D eigenvalue weighted by molar-refractivity contribution is 0.284. The molecule has 0 fully saturated rings. The van der Waals surface area contributed by atoms with E-state index in [2.05, 4.69) is 6.92 Å². The van der Waals surface area contributed by atoms with Crippen LogP contribution in [0.2, 0.25) is 0 Å². The van der Waals surface area contributed by atoms with E-state index in [-0.39, 0.29) is 11.9 Å². The van der Waals surface area contributed by atoms with Crippen LogP contribution in [0.5, 0.6) is 5.75 Å². The summed E-state index contributed by atoms with van der Waals surface area (Å²) in [6.07, 6.45) is 1.87. The molecule has 1 atom stereocenters. The van der Waals surface area contributed by atoms with Crippen molar-refractivity contribution in [3.63, 3.8) is 0 Å². The van der Waals surface area contributed by atoms with Crippen molar-refractivity contribution >= 4 is 5.84 Å². The van der Waals surface area contributed by atoms with Crippen molar-refractivity contribution in [1.82, 2.24) is 0 Å². The molecule has 0 aliphatic heterocycles. The fourth-order valence-corrected chi connectivity index (χ4v) is 1.29. The second kappa shape index (κ2) is 5.39. The summed E-state index contributed by atoms with van der Waals surface area (Å²) in [5.74, 6) is 0.810. The van der Waals surface area contributed by atoms with Crippen LogP contribution < -0.4 is 10.5 Å². The van der Waals surface area contributed by atoms with E-state index in [4.69, 9.17) is 15.9 Å². The van der Waals surface area contributed by atoms with Crippen LogP contribution in [0.4, 0.5) is 0 Å². The topological polar surface area (TPSA) is 59.1 Å². The molecule has 3 N–H and O–H groups in total. The van der Waals surface area contributed by atoms with Crippen molar-refractivity contribution < 1.29 is 4.74 Å². The van der Waals surface area contributed by atoms with Crippen LogP contribution in [-0.2, 0) is 6.42 Å². The molecule has 1 aromatic carbocycles. The molecule has 0 saturated heterocycles. The predicted octanol–water partition coefficient (Wildman–Crippen LogP) is 2.34. The molecular formula is C12H18N2O. The molecule has 82 valence electrons. The van der Waals surface area contributed by atoms with Gasteiger partial charge in [-0.1, -0.05) is 25.5 Å². The third-order valence-electron chi connectivity index (χ3n) is 2.21. The number of hydrogen-bond donors (Lipinski definition) is 2. The number of benzene rings is 1. The highest BCUT2D eigenvalue weighted by atomic mass is 16.5. The molecule has 0 amide bonds. The zero-order valence-electron chi connectivity index (χ0n) is 9.29. The minimum atomic E-state index is -0.359. The molecule has 15 heavy (non-hydrogen) atoms. The first kappa shape index (κ1) is 11.6. The van der Waals surface area contributed by atoms with Crippen LogP contribution in [0.25, 0.3) is 0 Å². The summed E-state index contributed by atoms with van der Waals surface area (Å²) in [6, 6.07) is 7.94. The molecule has 0 aliphatic rings. The molecule has 3 nitrogen and oxygen atoms in total. The van der Waals surface area contributed by atoms with E-state index in [0.29, 0.717) is 0 Å². The maximum Gasteiger partial charge on any atom is 0.152 e. The standard InChI is InChI=1S/C12H18N2O/c1-3-4-10-5-7-11(8-6-10)15-9(2)12(13)14/h5-9H,3-4H2,1-2H3,(H3,13,14). The average molecular weight is 206 g/mol. The van der Waals surface area contributed by atoms with E-state index < -0.39 is 0 Å². The number of amidine groups is 1. The summed E-state index contributed by atoms with van der Waals surface area (Å²) in [6.45, 7) is 3.92. The molecule has 0 bridgehead atoms. The molecular weight excluding hydrogens is 188 g/mol. The summed E-state index contributed by atoms with van der Waals surface area (Å²) in [7, 11) is 0. The largest absolute Gasteiger partial charge is 0.483 e. The Morgan fingerprint density at radius 2 is 2.00 bits per heavy atom. The number of ether oxygens (including phenoxy) is 1. The second-order valence-corrected chi connectivity index (χ2v) is 3.61. The van der Waals surface area contributed by atoms with Gasteiger partial charge < -0.3 is 10.5 Å². The van der Waals surface area contributed by atoms with E-state index in [1.54, 1.807) is 6.92 Å². The maximum absolute atomic E-state index is 7.21. The lowest BCUT2D eigenvalue weighted by atomic mass is 10.1. The smallest absolute Gasteiger partial charge is 0.152 e. The highest BCUT2D eigenvalue weighted by molar-refractivity contribution is 5.81. The molecule has 0 saturated carbocycles. The van der Waals surface area contributed by atoms with Gasteiger partial charge >= 0.3 is 0 Å². The highest BCUT2D eigenvalue weighted by Gasteiger charge is 2.06. The Morgan fingerprint density at radius 3 is 2.47 bits per heavy atom. The number of nitrogens with two attached hydrogens (primary N) is 1. The summed E-state index contributed by atoms with van der Waals surface area (Å²) in [4.78, 5) is 0. The Balaban J connectivity index is 2.60. The van der Waals surface area contributed by atoms with Crippen molar-refractivity contribution in [2.45, 2.75) is 32.8 Å². The number of rotatable bonds is 5. The normalized spacial score (nSPS) is 12.1. The van der Waals surface area contributed by atoms with Crippen LogP contribution in [0, 0.1) is 5.41 Å². The summed E-state index contributed by atoms with van der Waals surface area (Å²) < 4.78 is 5.46. The van der Waals surface area contributed by atoms with Crippen LogP contribution in [-0.4, -0.2) is 11.9 Å². The Bertz CT molecular complexity index is 319. The molecule has 3 heteroatoms. The second-order valence-electron chi connectivity index (χ2n) is 3.61.